The van der Waals surface area contributed by atoms with Crippen LogP contribution in [-0.4, -0.2) is 34.0 Å². The summed E-state index contributed by atoms with van der Waals surface area (Å²) in [5.74, 6) is 0.449. The highest BCUT2D eigenvalue weighted by Crippen LogP contribution is 2.29. The lowest BCUT2D eigenvalue weighted by molar-refractivity contribution is -0.134. The molecule has 4 rings (SSSR count). The van der Waals surface area contributed by atoms with E-state index in [2.05, 4.69) is 10.1 Å². The average Bonchev–Trinajstić information content (AvgIpc) is 3.24. The van der Waals surface area contributed by atoms with Gasteiger partial charge in [0.2, 0.25) is 17.6 Å². The van der Waals surface area contributed by atoms with E-state index in [1.165, 1.54) is 12.1 Å². The van der Waals surface area contributed by atoms with Crippen molar-refractivity contribution >= 4 is 18.3 Å². The number of carbonyl (C=O) groups is 1. The Balaban J connectivity index is 0.00000240. The van der Waals surface area contributed by atoms with Gasteiger partial charge in [0, 0.05) is 18.7 Å². The SMILES string of the molecule is Cl.NC(C(=O)N1CCCC(c2nc(-c3ccc(F)cc3)no2)C1)c1ccccc1. The summed E-state index contributed by atoms with van der Waals surface area (Å²) in [6.45, 7) is 1.15. The maximum atomic E-state index is 13.1. The van der Waals surface area contributed by atoms with E-state index >= 15 is 0 Å². The number of hydrogen-bond donors (Lipinski definition) is 1. The molecule has 0 aliphatic carbocycles. The third-order valence-electron chi connectivity index (χ3n) is 5.05. The van der Waals surface area contributed by atoms with Gasteiger partial charge < -0.3 is 15.2 Å². The average molecular weight is 417 g/mol. The second kappa shape index (κ2) is 9.15. The summed E-state index contributed by atoms with van der Waals surface area (Å²) in [7, 11) is 0. The van der Waals surface area contributed by atoms with E-state index in [4.69, 9.17) is 10.3 Å². The quantitative estimate of drug-likeness (QED) is 0.700. The molecule has 1 aliphatic heterocycles. The summed E-state index contributed by atoms with van der Waals surface area (Å²) in [4.78, 5) is 19.1. The molecule has 1 amide bonds. The molecule has 29 heavy (non-hydrogen) atoms. The maximum Gasteiger partial charge on any atom is 0.244 e. The first kappa shape index (κ1) is 21.0. The highest BCUT2D eigenvalue weighted by atomic mass is 35.5. The number of benzene rings is 2. The van der Waals surface area contributed by atoms with Crippen molar-refractivity contribution < 1.29 is 13.7 Å². The van der Waals surface area contributed by atoms with Gasteiger partial charge in [-0.3, -0.25) is 4.79 Å². The first-order chi connectivity index (χ1) is 13.6. The molecule has 1 fully saturated rings. The molecule has 1 aliphatic rings. The molecule has 2 unspecified atom stereocenters. The van der Waals surface area contributed by atoms with Gasteiger partial charge in [0.05, 0.1) is 5.92 Å². The van der Waals surface area contributed by atoms with Crippen molar-refractivity contribution in [1.29, 1.82) is 0 Å². The number of halogens is 2. The first-order valence-corrected chi connectivity index (χ1v) is 9.30. The fourth-order valence-corrected chi connectivity index (χ4v) is 3.50. The normalized spacial score (nSPS) is 17.4. The van der Waals surface area contributed by atoms with E-state index in [0.717, 1.165) is 18.4 Å². The summed E-state index contributed by atoms with van der Waals surface area (Å²) < 4.78 is 18.5. The van der Waals surface area contributed by atoms with Crippen molar-refractivity contribution in [2.45, 2.75) is 24.8 Å². The second-order valence-corrected chi connectivity index (χ2v) is 6.97. The zero-order valence-corrected chi connectivity index (χ0v) is 16.5. The van der Waals surface area contributed by atoms with E-state index in [9.17, 15) is 9.18 Å². The minimum Gasteiger partial charge on any atom is -0.340 e. The van der Waals surface area contributed by atoms with Crippen molar-refractivity contribution in [3.8, 4) is 11.4 Å². The molecule has 1 saturated heterocycles. The molecule has 0 radical (unpaired) electrons. The molecule has 2 heterocycles. The van der Waals surface area contributed by atoms with Gasteiger partial charge in [-0.1, -0.05) is 35.5 Å². The number of hydrogen-bond acceptors (Lipinski definition) is 5. The van der Waals surface area contributed by atoms with Gasteiger partial charge in [0.25, 0.3) is 0 Å². The fourth-order valence-electron chi connectivity index (χ4n) is 3.50. The van der Waals surface area contributed by atoms with Gasteiger partial charge in [-0.25, -0.2) is 4.39 Å². The van der Waals surface area contributed by atoms with Crippen LogP contribution in [0.5, 0.6) is 0 Å². The van der Waals surface area contributed by atoms with Crippen LogP contribution in [0.2, 0.25) is 0 Å². The number of carbonyl (C=O) groups excluding carboxylic acids is 1. The van der Waals surface area contributed by atoms with Gasteiger partial charge in [-0.2, -0.15) is 4.98 Å². The van der Waals surface area contributed by atoms with E-state index in [1.807, 2.05) is 30.3 Å². The van der Waals surface area contributed by atoms with Crippen LogP contribution in [0.1, 0.15) is 36.3 Å². The van der Waals surface area contributed by atoms with Crippen LogP contribution in [0, 0.1) is 5.82 Å². The van der Waals surface area contributed by atoms with Crippen LogP contribution in [0.15, 0.2) is 59.1 Å². The lowest BCUT2D eigenvalue weighted by Crippen LogP contribution is -2.43. The highest BCUT2D eigenvalue weighted by Gasteiger charge is 2.31. The standard InChI is InChI=1S/C21H21FN4O2.ClH/c22-17-10-8-15(9-11-17)19-24-20(28-25-19)16-7-4-12-26(13-16)21(27)18(23)14-5-2-1-3-6-14;/h1-3,5-6,8-11,16,18H,4,7,12-13,23H2;1H. The van der Waals surface area contributed by atoms with E-state index in [0.29, 0.717) is 30.4 Å². The molecule has 6 nitrogen and oxygen atoms in total. The maximum absolute atomic E-state index is 13.1. The van der Waals surface area contributed by atoms with E-state index in [-0.39, 0.29) is 30.0 Å². The van der Waals surface area contributed by atoms with Crippen LogP contribution in [0.4, 0.5) is 4.39 Å². The number of amides is 1. The molecule has 2 atom stereocenters. The summed E-state index contributed by atoms with van der Waals surface area (Å²) in [6, 6.07) is 14.6. The number of rotatable bonds is 4. The monoisotopic (exact) mass is 416 g/mol. The summed E-state index contributed by atoms with van der Waals surface area (Å²) in [5.41, 5.74) is 7.66. The predicted molar refractivity (Wildman–Crippen MR) is 109 cm³/mol. The highest BCUT2D eigenvalue weighted by molar-refractivity contribution is 5.85. The molecular weight excluding hydrogens is 395 g/mol. The molecule has 3 aromatic rings. The van der Waals surface area contributed by atoms with Gasteiger partial charge in [0.15, 0.2) is 0 Å². The molecular formula is C21H22ClFN4O2. The second-order valence-electron chi connectivity index (χ2n) is 6.97. The summed E-state index contributed by atoms with van der Waals surface area (Å²) in [6.07, 6.45) is 1.70. The minimum atomic E-state index is -0.683. The molecule has 152 valence electrons. The van der Waals surface area contributed by atoms with Gasteiger partial charge in [-0.15, -0.1) is 12.4 Å². The van der Waals surface area contributed by atoms with Crippen LogP contribution >= 0.6 is 12.4 Å². The van der Waals surface area contributed by atoms with Crippen LogP contribution in [0.3, 0.4) is 0 Å². The largest absolute Gasteiger partial charge is 0.340 e. The first-order valence-electron chi connectivity index (χ1n) is 9.30. The molecule has 2 aromatic carbocycles. The Labute approximate surface area is 174 Å². The summed E-state index contributed by atoms with van der Waals surface area (Å²) in [5, 5.41) is 4.01. The third kappa shape index (κ3) is 4.63. The number of likely N-dealkylation sites (tertiary alicyclic amines) is 1. The van der Waals surface area contributed by atoms with Crippen molar-refractivity contribution in [2.75, 3.05) is 13.1 Å². The van der Waals surface area contributed by atoms with Gasteiger partial charge in [-0.05, 0) is 42.7 Å². The smallest absolute Gasteiger partial charge is 0.244 e. The Morgan fingerprint density at radius 1 is 1.17 bits per heavy atom. The fraction of sp³-hybridized carbons (Fsp3) is 0.286. The van der Waals surface area contributed by atoms with Gasteiger partial charge in [0.1, 0.15) is 11.9 Å². The third-order valence-corrected chi connectivity index (χ3v) is 5.05. The predicted octanol–water partition coefficient (Wildman–Crippen LogP) is 3.70. The van der Waals surface area contributed by atoms with Crippen LogP contribution < -0.4 is 5.73 Å². The Morgan fingerprint density at radius 2 is 1.90 bits per heavy atom. The van der Waals surface area contributed by atoms with Crippen molar-refractivity contribution in [1.82, 2.24) is 15.0 Å². The number of piperidine rings is 1. The number of aromatic nitrogens is 2. The molecule has 0 saturated carbocycles. The molecule has 1 aromatic heterocycles. The van der Waals surface area contributed by atoms with Crippen LogP contribution in [0.25, 0.3) is 11.4 Å². The zero-order chi connectivity index (χ0) is 19.5. The lowest BCUT2D eigenvalue weighted by atomic mass is 9.96. The number of nitrogens with two attached hydrogens (primary N) is 1. The Kier molecular flexibility index (Phi) is 6.61. The van der Waals surface area contributed by atoms with Crippen molar-refractivity contribution in [3.05, 3.63) is 71.9 Å². The topological polar surface area (TPSA) is 85.3 Å². The van der Waals surface area contributed by atoms with E-state index < -0.39 is 6.04 Å². The Hall–Kier alpha value is -2.77. The van der Waals surface area contributed by atoms with Gasteiger partial charge >= 0.3 is 0 Å². The summed E-state index contributed by atoms with van der Waals surface area (Å²) >= 11 is 0. The zero-order valence-electron chi connectivity index (χ0n) is 15.7. The minimum absolute atomic E-state index is 0. The van der Waals surface area contributed by atoms with Crippen molar-refractivity contribution in [2.24, 2.45) is 5.73 Å². The molecule has 0 bridgehead atoms. The Bertz CT molecular complexity index is 949. The van der Waals surface area contributed by atoms with Crippen LogP contribution in [-0.2, 0) is 4.79 Å². The molecule has 8 heteroatoms. The molecule has 2 N–H and O–H groups in total. The van der Waals surface area contributed by atoms with Crippen molar-refractivity contribution in [3.63, 3.8) is 0 Å². The Morgan fingerprint density at radius 3 is 2.62 bits per heavy atom. The molecule has 0 spiro atoms. The van der Waals surface area contributed by atoms with E-state index in [1.54, 1.807) is 17.0 Å². The lowest BCUT2D eigenvalue weighted by Gasteiger charge is -2.32. The number of nitrogens with zero attached hydrogens (tertiary/aromatic N) is 3.